The molecule has 1 amide bonds. The number of carbonyl (C=O) groups excluding carboxylic acids is 1. The number of rotatable bonds is 3. The van der Waals surface area contributed by atoms with Crippen LogP contribution in [0.3, 0.4) is 0 Å². The van der Waals surface area contributed by atoms with E-state index in [1.807, 2.05) is 0 Å². The van der Waals surface area contributed by atoms with Gasteiger partial charge in [0.1, 0.15) is 24.4 Å². The number of nitrogens with two attached hydrogens (primary N) is 2. The highest BCUT2D eigenvalue weighted by Gasteiger charge is 2.44. The molecule has 22 heavy (non-hydrogen) atoms. The Bertz CT molecular complexity index is 732. The Morgan fingerprint density at radius 3 is 2.73 bits per heavy atom. The van der Waals surface area contributed by atoms with Crippen molar-refractivity contribution in [1.82, 2.24) is 14.6 Å². The first kappa shape index (κ1) is 14.7. The Balaban J connectivity index is 2.15. The van der Waals surface area contributed by atoms with Gasteiger partial charge in [0.25, 0.3) is 5.91 Å². The second-order valence-electron chi connectivity index (χ2n) is 5.02. The lowest BCUT2D eigenvalue weighted by Crippen LogP contribution is -2.32. The highest BCUT2D eigenvalue weighted by Crippen LogP contribution is 2.35. The summed E-state index contributed by atoms with van der Waals surface area (Å²) in [7, 11) is 0. The summed E-state index contributed by atoms with van der Waals surface area (Å²) in [5.74, 6) is -0.754. The van der Waals surface area contributed by atoms with Crippen LogP contribution in [0.5, 0.6) is 0 Å². The van der Waals surface area contributed by atoms with Gasteiger partial charge >= 0.3 is 0 Å². The fourth-order valence-electron chi connectivity index (χ4n) is 2.57. The average Bonchev–Trinajstić information content (AvgIpc) is 2.98. The molecule has 0 spiro atoms. The number of aliphatic hydroxyl groups excluding tert-OH is 3. The summed E-state index contributed by atoms with van der Waals surface area (Å²) in [6, 6.07) is 1.39. The van der Waals surface area contributed by atoms with Crippen molar-refractivity contribution < 1.29 is 24.9 Å². The van der Waals surface area contributed by atoms with E-state index in [2.05, 4.69) is 10.1 Å². The molecule has 3 rings (SSSR count). The zero-order valence-electron chi connectivity index (χ0n) is 11.3. The Labute approximate surface area is 123 Å². The number of hydrogen-bond donors (Lipinski definition) is 5. The Morgan fingerprint density at radius 1 is 1.41 bits per heavy atom. The van der Waals surface area contributed by atoms with E-state index < -0.39 is 36.9 Å². The third kappa shape index (κ3) is 2.09. The molecule has 1 aliphatic heterocycles. The smallest absolute Gasteiger partial charge is 0.251 e. The molecular formula is C12H15N5O5. The van der Waals surface area contributed by atoms with Crippen molar-refractivity contribution in [3.05, 3.63) is 23.5 Å². The predicted molar refractivity (Wildman–Crippen MR) is 72.6 cm³/mol. The second kappa shape index (κ2) is 5.18. The number of amides is 1. The van der Waals surface area contributed by atoms with Crippen LogP contribution in [0.25, 0.3) is 5.52 Å². The summed E-state index contributed by atoms with van der Waals surface area (Å²) in [5, 5.41) is 33.1. The van der Waals surface area contributed by atoms with Crippen LogP contribution in [0, 0.1) is 0 Å². The van der Waals surface area contributed by atoms with Gasteiger partial charge in [0, 0.05) is 0 Å². The number of nitrogen functional groups attached to an aromatic ring is 1. The van der Waals surface area contributed by atoms with Gasteiger partial charge in [0.05, 0.1) is 29.6 Å². The molecule has 0 radical (unpaired) electrons. The van der Waals surface area contributed by atoms with Crippen molar-refractivity contribution in [3.8, 4) is 0 Å². The maximum Gasteiger partial charge on any atom is 0.251 e. The van der Waals surface area contributed by atoms with E-state index >= 15 is 0 Å². The van der Waals surface area contributed by atoms with Crippen LogP contribution >= 0.6 is 0 Å². The molecule has 1 aliphatic rings. The van der Waals surface area contributed by atoms with Gasteiger partial charge in [-0.25, -0.2) is 9.50 Å². The van der Waals surface area contributed by atoms with Gasteiger partial charge in [-0.3, -0.25) is 4.79 Å². The van der Waals surface area contributed by atoms with Gasteiger partial charge < -0.3 is 31.5 Å². The molecular weight excluding hydrogens is 294 g/mol. The molecule has 118 valence electrons. The first-order chi connectivity index (χ1) is 10.4. The molecule has 0 aliphatic carbocycles. The third-order valence-electron chi connectivity index (χ3n) is 3.66. The van der Waals surface area contributed by atoms with Crippen LogP contribution in [0.15, 0.2) is 12.3 Å². The summed E-state index contributed by atoms with van der Waals surface area (Å²) in [5.41, 5.74) is 11.6. The number of fused-ring (bicyclic) bond motifs is 1. The molecule has 0 aromatic carbocycles. The standard InChI is InChI=1S/C12H15N5O5/c13-11(21)4-1-5(17-6(4)2-15-12(14)16-17)10-9(20)8(19)7(3-18)22-10/h1-2,7-10,18-20H,3H2,(H2,13,21)(H2,14,16)/t7-,8-,9-,10+/m1/s1. The average molecular weight is 309 g/mol. The fourth-order valence-corrected chi connectivity index (χ4v) is 2.57. The monoisotopic (exact) mass is 309 g/mol. The van der Waals surface area contributed by atoms with Gasteiger partial charge in [0.2, 0.25) is 5.95 Å². The highest BCUT2D eigenvalue weighted by molar-refractivity contribution is 6.00. The number of hydrogen-bond acceptors (Lipinski definition) is 8. The first-order valence-corrected chi connectivity index (χ1v) is 6.50. The van der Waals surface area contributed by atoms with E-state index in [1.54, 1.807) is 0 Å². The zero-order chi connectivity index (χ0) is 16.0. The summed E-state index contributed by atoms with van der Waals surface area (Å²) in [4.78, 5) is 15.3. The van der Waals surface area contributed by atoms with E-state index in [4.69, 9.17) is 21.3 Å². The van der Waals surface area contributed by atoms with E-state index in [0.717, 1.165) is 0 Å². The van der Waals surface area contributed by atoms with Crippen LogP contribution in [0.4, 0.5) is 5.95 Å². The van der Waals surface area contributed by atoms with Crippen molar-refractivity contribution in [1.29, 1.82) is 0 Å². The number of carbonyl (C=O) groups is 1. The minimum atomic E-state index is -1.30. The molecule has 0 unspecified atom stereocenters. The molecule has 1 saturated heterocycles. The zero-order valence-corrected chi connectivity index (χ0v) is 11.3. The van der Waals surface area contributed by atoms with Crippen LogP contribution in [0.2, 0.25) is 0 Å². The summed E-state index contributed by atoms with van der Waals surface area (Å²) in [6.07, 6.45) is -3.18. The normalized spacial score (nSPS) is 28.3. The molecule has 2 aromatic heterocycles. The van der Waals surface area contributed by atoms with Crippen LogP contribution in [-0.2, 0) is 4.74 Å². The molecule has 10 nitrogen and oxygen atoms in total. The Hall–Kier alpha value is -2.27. The maximum absolute atomic E-state index is 11.5. The van der Waals surface area contributed by atoms with Crippen LogP contribution < -0.4 is 11.5 Å². The van der Waals surface area contributed by atoms with Gasteiger partial charge in [0.15, 0.2) is 0 Å². The number of ether oxygens (including phenoxy) is 1. The van der Waals surface area contributed by atoms with E-state index in [9.17, 15) is 15.0 Å². The lowest BCUT2D eigenvalue weighted by atomic mass is 10.1. The lowest BCUT2D eigenvalue weighted by Gasteiger charge is -2.14. The minimum absolute atomic E-state index is 0.0490. The number of nitrogens with zero attached hydrogens (tertiary/aromatic N) is 3. The lowest BCUT2D eigenvalue weighted by molar-refractivity contribution is -0.0244. The largest absolute Gasteiger partial charge is 0.394 e. The van der Waals surface area contributed by atoms with E-state index in [1.165, 1.54) is 16.8 Å². The highest BCUT2D eigenvalue weighted by atomic mass is 16.6. The van der Waals surface area contributed by atoms with Gasteiger partial charge in [-0.2, -0.15) is 0 Å². The van der Waals surface area contributed by atoms with Crippen LogP contribution in [0.1, 0.15) is 22.2 Å². The van der Waals surface area contributed by atoms with Crippen molar-refractivity contribution >= 4 is 17.4 Å². The van der Waals surface area contributed by atoms with Gasteiger partial charge in [-0.15, -0.1) is 5.10 Å². The number of aromatic nitrogens is 3. The molecule has 10 heteroatoms. The number of anilines is 1. The summed E-state index contributed by atoms with van der Waals surface area (Å²) >= 11 is 0. The second-order valence-corrected chi connectivity index (χ2v) is 5.02. The minimum Gasteiger partial charge on any atom is -0.394 e. The molecule has 0 saturated carbocycles. The number of primary amides is 1. The SMILES string of the molecule is NC(=O)c1cc([C@@H]2O[C@H](CO)[C@@H](O)[C@H]2O)n2nc(N)ncc12. The van der Waals surface area contributed by atoms with Crippen molar-refractivity contribution in [2.24, 2.45) is 5.73 Å². The predicted octanol–water partition coefficient (Wildman–Crippen LogP) is -2.44. The summed E-state index contributed by atoms with van der Waals surface area (Å²) in [6.45, 7) is -0.460. The quantitative estimate of drug-likeness (QED) is 0.416. The topological polar surface area (TPSA) is 169 Å². The molecule has 4 atom stereocenters. The van der Waals surface area contributed by atoms with E-state index in [0.29, 0.717) is 5.52 Å². The number of aliphatic hydroxyl groups is 3. The van der Waals surface area contributed by atoms with Crippen molar-refractivity contribution in [2.75, 3.05) is 12.3 Å². The molecule has 3 heterocycles. The van der Waals surface area contributed by atoms with Gasteiger partial charge in [-0.05, 0) is 6.07 Å². The first-order valence-electron chi connectivity index (χ1n) is 6.50. The third-order valence-corrected chi connectivity index (χ3v) is 3.66. The van der Waals surface area contributed by atoms with Crippen LogP contribution in [-0.4, -0.2) is 60.7 Å². The van der Waals surface area contributed by atoms with Crippen molar-refractivity contribution in [2.45, 2.75) is 24.4 Å². The molecule has 2 aromatic rings. The van der Waals surface area contributed by atoms with Crippen molar-refractivity contribution in [3.63, 3.8) is 0 Å². The molecule has 0 bridgehead atoms. The Morgan fingerprint density at radius 2 is 2.14 bits per heavy atom. The Kier molecular flexibility index (Phi) is 3.45. The molecule has 7 N–H and O–H groups in total. The van der Waals surface area contributed by atoms with Gasteiger partial charge in [-0.1, -0.05) is 0 Å². The van der Waals surface area contributed by atoms with E-state index in [-0.39, 0.29) is 17.2 Å². The summed E-state index contributed by atoms with van der Waals surface area (Å²) < 4.78 is 6.72. The maximum atomic E-state index is 11.5. The molecule has 1 fully saturated rings. The fraction of sp³-hybridized carbons (Fsp3) is 0.417.